The number of anilines is 1. The molecule has 0 fully saturated rings. The van der Waals surface area contributed by atoms with Crippen molar-refractivity contribution < 1.29 is 23.5 Å². The van der Waals surface area contributed by atoms with Crippen molar-refractivity contribution in [2.75, 3.05) is 25.6 Å². The molecule has 2 rings (SSSR count). The third-order valence-electron chi connectivity index (χ3n) is 5.00. The molecule has 0 radical (unpaired) electrons. The third-order valence-corrected chi connectivity index (χ3v) is 7.53. The minimum atomic E-state index is -3.43. The van der Waals surface area contributed by atoms with Gasteiger partial charge in [-0.25, -0.2) is 0 Å². The Labute approximate surface area is 179 Å². The molecule has 7 nitrogen and oxygen atoms in total. The zero-order valence-corrected chi connectivity index (χ0v) is 19.7. The van der Waals surface area contributed by atoms with Gasteiger partial charge in [0.25, 0.3) is 0 Å². The van der Waals surface area contributed by atoms with Gasteiger partial charge in [-0.15, -0.1) is 0 Å². The number of aryl methyl sites for hydroxylation is 3. The molecule has 1 aromatic heterocycles. The van der Waals surface area contributed by atoms with Crippen LogP contribution >= 0.6 is 7.60 Å². The first kappa shape index (κ1) is 24.2. The second-order valence-corrected chi connectivity index (χ2v) is 9.62. The van der Waals surface area contributed by atoms with Gasteiger partial charge in [-0.1, -0.05) is 6.07 Å². The van der Waals surface area contributed by atoms with Crippen molar-refractivity contribution in [3.8, 4) is 11.5 Å². The number of phenols is 1. The predicted octanol–water partition coefficient (Wildman–Crippen LogP) is 5.53. The molecular formula is C22H33N2O5P. The van der Waals surface area contributed by atoms with Gasteiger partial charge in [0.2, 0.25) is 0 Å². The van der Waals surface area contributed by atoms with Crippen molar-refractivity contribution in [1.82, 2.24) is 4.98 Å². The highest BCUT2D eigenvalue weighted by Gasteiger charge is 2.39. The zero-order valence-electron chi connectivity index (χ0n) is 18.9. The van der Waals surface area contributed by atoms with Crippen molar-refractivity contribution in [2.24, 2.45) is 0 Å². The number of nitrogens with one attached hydrogen (secondary N) is 1. The first-order valence-electron chi connectivity index (χ1n) is 10.1. The van der Waals surface area contributed by atoms with Gasteiger partial charge in [0, 0.05) is 5.69 Å². The highest BCUT2D eigenvalue weighted by atomic mass is 31.2. The lowest BCUT2D eigenvalue weighted by Crippen LogP contribution is -2.26. The molecule has 0 saturated heterocycles. The summed E-state index contributed by atoms with van der Waals surface area (Å²) in [5.74, 6) is 0.434. The third kappa shape index (κ3) is 5.34. The van der Waals surface area contributed by atoms with Crippen molar-refractivity contribution in [2.45, 2.75) is 53.2 Å². The molecule has 30 heavy (non-hydrogen) atoms. The minimum Gasteiger partial charge on any atom is -0.504 e. The molecule has 2 unspecified atom stereocenters. The number of aromatic hydroxyl groups is 1. The molecule has 2 aromatic rings. The highest BCUT2D eigenvalue weighted by molar-refractivity contribution is 7.54. The summed E-state index contributed by atoms with van der Waals surface area (Å²) in [6.07, 6.45) is 0. The molecule has 0 saturated carbocycles. The smallest absolute Gasteiger partial charge is 0.335 e. The summed E-state index contributed by atoms with van der Waals surface area (Å²) in [5, 5.41) is 13.8. The van der Waals surface area contributed by atoms with E-state index in [-0.39, 0.29) is 19.0 Å². The van der Waals surface area contributed by atoms with Crippen LogP contribution in [0.5, 0.6) is 11.5 Å². The van der Waals surface area contributed by atoms with Gasteiger partial charge < -0.3 is 24.2 Å². The van der Waals surface area contributed by atoms with Crippen LogP contribution in [-0.4, -0.2) is 36.1 Å². The summed E-state index contributed by atoms with van der Waals surface area (Å²) in [7, 11) is -1.93. The van der Waals surface area contributed by atoms with Crippen LogP contribution in [0, 0.1) is 20.8 Å². The van der Waals surface area contributed by atoms with Crippen LogP contribution < -0.4 is 10.1 Å². The SMILES string of the molecule is CCOP(=O)(OCC)C(C)C(Nc1ccc(C)nc1C)c1cc(C)c(O)c(OC)c1. The van der Waals surface area contributed by atoms with Gasteiger partial charge in [-0.3, -0.25) is 9.55 Å². The van der Waals surface area contributed by atoms with Crippen LogP contribution in [0.1, 0.15) is 49.3 Å². The number of nitrogens with zero attached hydrogens (tertiary/aromatic N) is 1. The molecule has 1 aromatic carbocycles. The van der Waals surface area contributed by atoms with Crippen molar-refractivity contribution in [3.05, 3.63) is 46.8 Å². The van der Waals surface area contributed by atoms with E-state index < -0.39 is 19.3 Å². The Morgan fingerprint density at radius 2 is 1.77 bits per heavy atom. The Morgan fingerprint density at radius 3 is 2.30 bits per heavy atom. The molecule has 166 valence electrons. The Hall–Kier alpha value is -2.08. The Bertz CT molecular complexity index is 909. The number of hydrogen-bond acceptors (Lipinski definition) is 7. The summed E-state index contributed by atoms with van der Waals surface area (Å²) >= 11 is 0. The first-order chi connectivity index (χ1) is 14.2. The second-order valence-electron chi connectivity index (χ2n) is 7.21. The van der Waals surface area contributed by atoms with Gasteiger partial charge in [0.15, 0.2) is 11.5 Å². The first-order valence-corrected chi connectivity index (χ1v) is 11.7. The fraction of sp³-hybridized carbons (Fsp3) is 0.500. The average molecular weight is 436 g/mol. The number of pyridine rings is 1. The minimum absolute atomic E-state index is 0.0821. The van der Waals surface area contributed by atoms with Gasteiger partial charge in [-0.05, 0) is 70.9 Å². The van der Waals surface area contributed by atoms with Crippen molar-refractivity contribution in [3.63, 3.8) is 0 Å². The second kappa shape index (κ2) is 10.3. The average Bonchev–Trinajstić information content (AvgIpc) is 2.69. The van der Waals surface area contributed by atoms with Crippen LogP contribution in [-0.2, 0) is 13.6 Å². The number of methoxy groups -OCH3 is 1. The number of ether oxygens (including phenoxy) is 1. The molecule has 0 spiro atoms. The van der Waals surface area contributed by atoms with Crippen LogP contribution in [0.3, 0.4) is 0 Å². The number of aromatic nitrogens is 1. The van der Waals surface area contributed by atoms with Crippen LogP contribution in [0.2, 0.25) is 0 Å². The summed E-state index contributed by atoms with van der Waals surface area (Å²) < 4.78 is 30.2. The zero-order chi connectivity index (χ0) is 22.5. The lowest BCUT2D eigenvalue weighted by Gasteiger charge is -2.32. The summed E-state index contributed by atoms with van der Waals surface area (Å²) in [5.41, 5.74) is 3.50. The molecule has 8 heteroatoms. The standard InChI is InChI=1S/C22H33N2O5P/c1-8-28-30(26,29-9-2)17(6)21(24-19-11-10-15(4)23-16(19)5)18-12-14(3)22(25)20(13-18)27-7/h10-13,17,21,24-25H,8-9H2,1-7H3. The van der Waals surface area contributed by atoms with E-state index in [2.05, 4.69) is 10.3 Å². The van der Waals surface area contributed by atoms with E-state index in [1.54, 1.807) is 26.8 Å². The molecule has 0 aliphatic heterocycles. The highest BCUT2D eigenvalue weighted by Crippen LogP contribution is 2.57. The number of hydrogen-bond donors (Lipinski definition) is 2. The van der Waals surface area contributed by atoms with E-state index in [1.807, 2.05) is 39.0 Å². The van der Waals surface area contributed by atoms with Crippen LogP contribution in [0.4, 0.5) is 5.69 Å². The normalized spacial score (nSPS) is 13.7. The summed E-state index contributed by atoms with van der Waals surface area (Å²) in [6.45, 7) is 11.6. The van der Waals surface area contributed by atoms with Crippen LogP contribution in [0.15, 0.2) is 24.3 Å². The van der Waals surface area contributed by atoms with E-state index in [0.29, 0.717) is 11.3 Å². The van der Waals surface area contributed by atoms with Gasteiger partial charge in [0.05, 0.1) is 43.4 Å². The number of benzene rings is 1. The molecule has 0 bridgehead atoms. The van der Waals surface area contributed by atoms with Gasteiger partial charge in [0.1, 0.15) is 0 Å². The summed E-state index contributed by atoms with van der Waals surface area (Å²) in [6, 6.07) is 7.03. The fourth-order valence-corrected chi connectivity index (χ4v) is 5.29. The fourth-order valence-electron chi connectivity index (χ4n) is 3.41. The maximum Gasteiger partial charge on any atom is 0.335 e. The van der Waals surface area contributed by atoms with E-state index in [4.69, 9.17) is 13.8 Å². The van der Waals surface area contributed by atoms with Crippen molar-refractivity contribution >= 4 is 13.3 Å². The largest absolute Gasteiger partial charge is 0.504 e. The molecular weight excluding hydrogens is 403 g/mol. The topological polar surface area (TPSA) is 89.9 Å². The van der Waals surface area contributed by atoms with Gasteiger partial charge >= 0.3 is 7.60 Å². The van der Waals surface area contributed by atoms with Crippen LogP contribution in [0.25, 0.3) is 0 Å². The lowest BCUT2D eigenvalue weighted by atomic mass is 10.00. The molecule has 0 amide bonds. The Morgan fingerprint density at radius 1 is 1.13 bits per heavy atom. The molecule has 0 aliphatic carbocycles. The molecule has 1 heterocycles. The maximum absolute atomic E-state index is 13.6. The Kier molecular flexibility index (Phi) is 8.30. The number of phenolic OH excluding ortho intramolecular Hbond substituents is 1. The number of rotatable bonds is 10. The molecule has 2 atom stereocenters. The monoisotopic (exact) mass is 436 g/mol. The van der Waals surface area contributed by atoms with E-state index >= 15 is 0 Å². The van der Waals surface area contributed by atoms with Gasteiger partial charge in [-0.2, -0.15) is 0 Å². The van der Waals surface area contributed by atoms with E-state index in [0.717, 1.165) is 22.6 Å². The summed E-state index contributed by atoms with van der Waals surface area (Å²) in [4.78, 5) is 4.52. The van der Waals surface area contributed by atoms with E-state index in [9.17, 15) is 9.67 Å². The van der Waals surface area contributed by atoms with Crippen molar-refractivity contribution in [1.29, 1.82) is 0 Å². The maximum atomic E-state index is 13.6. The lowest BCUT2D eigenvalue weighted by molar-refractivity contribution is 0.211. The quantitative estimate of drug-likeness (QED) is 0.473. The predicted molar refractivity (Wildman–Crippen MR) is 120 cm³/mol. The Balaban J connectivity index is 2.60. The van der Waals surface area contributed by atoms with E-state index in [1.165, 1.54) is 7.11 Å². The molecule has 2 N–H and O–H groups in total. The molecule has 0 aliphatic rings.